The molecule has 2 nitrogen and oxygen atoms in total. The van der Waals surface area contributed by atoms with Gasteiger partial charge in [-0.15, -0.1) is 0 Å². The topological polar surface area (TPSA) is 30.2 Å². The summed E-state index contributed by atoms with van der Waals surface area (Å²) in [7, 11) is -1.76. The normalized spacial score (nSPS) is 12.2. The van der Waals surface area contributed by atoms with Crippen LogP contribution < -0.4 is 0 Å². The third-order valence-electron chi connectivity index (χ3n) is 2.78. The first-order valence-electron chi connectivity index (χ1n) is 5.11. The van der Waals surface area contributed by atoms with Crippen molar-refractivity contribution in [2.24, 2.45) is 0 Å². The molecule has 0 amide bonds. The maximum absolute atomic E-state index is 11.9. The molecule has 1 atom stereocenters. The van der Waals surface area contributed by atoms with Gasteiger partial charge in [0.15, 0.2) is 5.58 Å². The molecule has 1 aromatic heterocycles. The van der Waals surface area contributed by atoms with Crippen LogP contribution in [0.2, 0.25) is 0 Å². The van der Waals surface area contributed by atoms with Gasteiger partial charge in [0.05, 0.1) is 0 Å². The largest absolute Gasteiger partial charge is 0.597 e. The second kappa shape index (κ2) is 3.43. The molecule has 0 spiro atoms. The van der Waals surface area contributed by atoms with Crippen LogP contribution in [0.15, 0.2) is 46.7 Å². The molecule has 78 valence electrons. The Hall–Kier alpha value is -1.66. The molecule has 2 aromatic carbocycles. The summed E-state index contributed by atoms with van der Waals surface area (Å²) in [6.07, 6.45) is 0. The fourth-order valence-electron chi connectivity index (χ4n) is 1.98. The second-order valence-electron chi connectivity index (χ2n) is 3.82. The van der Waals surface area contributed by atoms with Crippen LogP contribution in [0.4, 0.5) is 0 Å². The predicted molar refractivity (Wildman–Crippen MR) is 66.1 cm³/mol. The molecule has 0 saturated carbocycles. The van der Waals surface area contributed by atoms with E-state index in [9.17, 15) is 4.57 Å². The zero-order chi connectivity index (χ0) is 11.1. The van der Waals surface area contributed by atoms with E-state index in [1.807, 2.05) is 49.4 Å². The number of aryl methyl sites for hydroxylation is 1. The van der Waals surface area contributed by atoms with Crippen molar-refractivity contribution in [3.8, 4) is 0 Å². The Balaban J connectivity index is 2.70. The van der Waals surface area contributed by atoms with Gasteiger partial charge in [-0.05, 0) is 29.2 Å². The molecule has 3 aromatic rings. The van der Waals surface area contributed by atoms with Crippen molar-refractivity contribution < 1.29 is 8.76 Å². The third kappa shape index (κ3) is 1.27. The molecule has 3 rings (SSSR count). The summed E-state index contributed by atoms with van der Waals surface area (Å²) in [4.78, 5) is 0. The summed E-state index contributed by atoms with van der Waals surface area (Å²) in [5.41, 5.74) is 1.78. The zero-order valence-corrected chi connectivity index (χ0v) is 9.70. The lowest BCUT2D eigenvalue weighted by molar-refractivity contribution is 0.563. The first-order valence-corrected chi connectivity index (χ1v) is 6.29. The van der Waals surface area contributed by atoms with Gasteiger partial charge in [0.1, 0.15) is 0 Å². The van der Waals surface area contributed by atoms with Crippen LogP contribution in [0.3, 0.4) is 0 Å². The summed E-state index contributed by atoms with van der Waals surface area (Å²) in [5.74, 6) is 0. The zero-order valence-electron chi connectivity index (χ0n) is 8.81. The second-order valence-corrected chi connectivity index (χ2v) is 5.00. The van der Waals surface area contributed by atoms with Crippen molar-refractivity contribution in [3.63, 3.8) is 0 Å². The number of hydrogen-bond donors (Lipinski definition) is 0. The van der Waals surface area contributed by atoms with Gasteiger partial charge < -0.3 is 0 Å². The van der Waals surface area contributed by atoms with Crippen molar-refractivity contribution in [2.75, 3.05) is 0 Å². The van der Waals surface area contributed by atoms with Gasteiger partial charge in [0.2, 0.25) is 5.12 Å². The minimum Gasteiger partial charge on any atom is -0.249 e. The smallest absolute Gasteiger partial charge is 0.249 e. The molecule has 0 aliphatic rings. The van der Waals surface area contributed by atoms with Crippen LogP contribution in [-0.2, 0) is 4.57 Å². The number of hydrogen-bond acceptors (Lipinski definition) is 2. The lowest BCUT2D eigenvalue weighted by Gasteiger charge is -1.98. The predicted octanol–water partition coefficient (Wildman–Crippen LogP) is 4.64. The van der Waals surface area contributed by atoms with Crippen molar-refractivity contribution in [3.05, 3.63) is 48.0 Å². The summed E-state index contributed by atoms with van der Waals surface area (Å²) in [6.45, 7) is 1.97. The van der Waals surface area contributed by atoms with E-state index in [0.29, 0.717) is 0 Å². The standard InChI is InChI=1S/C13H10O2P/c1-9-5-4-7-11-10-6-2-3-8-12(10)16(14)15-13(9)11/h2-8H,1H3/q+1. The SMILES string of the molecule is Cc1cccc2c1o[p+](=O)c1ccccc21. The van der Waals surface area contributed by atoms with E-state index in [2.05, 4.69) is 0 Å². The monoisotopic (exact) mass is 229 g/mol. The van der Waals surface area contributed by atoms with Gasteiger partial charge >= 0.3 is 7.65 Å². The fourth-order valence-corrected chi connectivity index (χ4v) is 3.08. The van der Waals surface area contributed by atoms with Gasteiger partial charge in [-0.3, -0.25) is 0 Å². The van der Waals surface area contributed by atoms with Gasteiger partial charge in [-0.2, -0.15) is 0 Å². The lowest BCUT2D eigenvalue weighted by Crippen LogP contribution is -1.78. The minimum atomic E-state index is -1.76. The van der Waals surface area contributed by atoms with E-state index in [-0.39, 0.29) is 0 Å². The van der Waals surface area contributed by atoms with Crippen LogP contribution in [0, 0.1) is 6.92 Å². The fraction of sp³-hybridized carbons (Fsp3) is 0.0769. The van der Waals surface area contributed by atoms with Gasteiger partial charge in [-0.25, -0.2) is 4.20 Å². The molecule has 3 heteroatoms. The van der Waals surface area contributed by atoms with E-state index < -0.39 is 7.65 Å². The number of benzene rings is 2. The molecule has 1 unspecified atom stereocenters. The van der Waals surface area contributed by atoms with Gasteiger partial charge in [0.25, 0.3) is 0 Å². The van der Waals surface area contributed by atoms with Crippen molar-refractivity contribution in [1.82, 2.24) is 0 Å². The van der Waals surface area contributed by atoms with Crippen LogP contribution >= 0.6 is 7.65 Å². The van der Waals surface area contributed by atoms with E-state index in [4.69, 9.17) is 4.20 Å². The summed E-state index contributed by atoms with van der Waals surface area (Å²) in [6, 6.07) is 13.7. The number of fused-ring (bicyclic) bond motifs is 3. The van der Waals surface area contributed by atoms with E-state index >= 15 is 0 Å². The Morgan fingerprint density at radius 2 is 1.75 bits per heavy atom. The molecule has 16 heavy (non-hydrogen) atoms. The summed E-state index contributed by atoms with van der Waals surface area (Å²) in [5, 5.41) is 2.84. The molecule has 0 aliphatic heterocycles. The van der Waals surface area contributed by atoms with Crippen LogP contribution in [0.5, 0.6) is 0 Å². The average Bonchev–Trinajstić information content (AvgIpc) is 2.31. The number of para-hydroxylation sites is 1. The summed E-state index contributed by atoms with van der Waals surface area (Å²) >= 11 is 0. The highest BCUT2D eigenvalue weighted by Crippen LogP contribution is 2.35. The Morgan fingerprint density at radius 1 is 1.00 bits per heavy atom. The van der Waals surface area contributed by atoms with Crippen molar-refractivity contribution in [1.29, 1.82) is 0 Å². The first kappa shape index (κ1) is 9.56. The quantitative estimate of drug-likeness (QED) is 0.526. The molecular formula is C13H10O2P+. The van der Waals surface area contributed by atoms with Crippen LogP contribution in [0.1, 0.15) is 5.56 Å². The van der Waals surface area contributed by atoms with Gasteiger partial charge in [0, 0.05) is 10.8 Å². The maximum atomic E-state index is 11.9. The molecular weight excluding hydrogens is 219 g/mol. The molecule has 0 fully saturated rings. The minimum absolute atomic E-state index is 0.752. The van der Waals surface area contributed by atoms with Crippen molar-refractivity contribution >= 4 is 29.1 Å². The number of rotatable bonds is 0. The molecule has 0 radical (unpaired) electrons. The highest BCUT2D eigenvalue weighted by molar-refractivity contribution is 7.37. The Morgan fingerprint density at radius 3 is 2.62 bits per heavy atom. The lowest BCUT2D eigenvalue weighted by atomic mass is 10.1. The van der Waals surface area contributed by atoms with E-state index in [1.165, 1.54) is 0 Å². The Labute approximate surface area is 93.3 Å². The molecule has 1 heterocycles. The Bertz CT molecular complexity index is 744. The average molecular weight is 229 g/mol. The summed E-state index contributed by atoms with van der Waals surface area (Å²) < 4.78 is 17.4. The first-order chi connectivity index (χ1) is 7.77. The van der Waals surface area contributed by atoms with Crippen LogP contribution in [0.25, 0.3) is 21.5 Å². The third-order valence-corrected chi connectivity index (χ3v) is 3.91. The van der Waals surface area contributed by atoms with E-state index in [1.54, 1.807) is 0 Å². The highest BCUT2D eigenvalue weighted by Gasteiger charge is 2.16. The van der Waals surface area contributed by atoms with Crippen LogP contribution in [-0.4, -0.2) is 0 Å². The molecule has 0 saturated heterocycles. The Kier molecular flexibility index (Phi) is 2.05. The van der Waals surface area contributed by atoms with Crippen molar-refractivity contribution in [2.45, 2.75) is 6.92 Å². The maximum Gasteiger partial charge on any atom is 0.597 e. The van der Waals surface area contributed by atoms with Gasteiger partial charge in [-0.1, -0.05) is 30.3 Å². The highest BCUT2D eigenvalue weighted by atomic mass is 31.1. The molecule has 0 bridgehead atoms. The molecule has 0 N–H and O–H groups in total. The molecule has 0 aliphatic carbocycles. The van der Waals surface area contributed by atoms with E-state index in [0.717, 1.165) is 27.0 Å².